The summed E-state index contributed by atoms with van der Waals surface area (Å²) in [6.45, 7) is 7.07. The third kappa shape index (κ3) is 4.40. The van der Waals surface area contributed by atoms with Gasteiger partial charge in [-0.05, 0) is 23.5 Å². The van der Waals surface area contributed by atoms with Crippen LogP contribution in [0.2, 0.25) is 19.6 Å². The SMILES string of the molecule is C[Si](C)(C)c1ccc([C@H](CC=O)Cc2ccccc2)cc1. The minimum Gasteiger partial charge on any atom is -0.303 e. The number of hydrogen-bond acceptors (Lipinski definition) is 1. The molecular weight excluding hydrogens is 272 g/mol. The Kier molecular flexibility index (Phi) is 5.13. The van der Waals surface area contributed by atoms with E-state index in [9.17, 15) is 4.79 Å². The van der Waals surface area contributed by atoms with Crippen LogP contribution in [0.25, 0.3) is 0 Å². The molecule has 2 aromatic carbocycles. The zero-order chi connectivity index (χ0) is 15.3. The maximum atomic E-state index is 11.0. The molecule has 0 N–H and O–H groups in total. The fourth-order valence-electron chi connectivity index (χ4n) is 2.61. The minimum absolute atomic E-state index is 0.278. The van der Waals surface area contributed by atoms with Crippen LogP contribution in [0.5, 0.6) is 0 Å². The third-order valence-electron chi connectivity index (χ3n) is 3.95. The van der Waals surface area contributed by atoms with Gasteiger partial charge in [0.1, 0.15) is 6.29 Å². The van der Waals surface area contributed by atoms with Crippen molar-refractivity contribution >= 4 is 19.5 Å². The molecule has 0 heterocycles. The lowest BCUT2D eigenvalue weighted by Crippen LogP contribution is -2.37. The van der Waals surface area contributed by atoms with Crippen molar-refractivity contribution in [1.82, 2.24) is 0 Å². The van der Waals surface area contributed by atoms with E-state index in [2.05, 4.69) is 68.2 Å². The zero-order valence-corrected chi connectivity index (χ0v) is 14.2. The summed E-state index contributed by atoms with van der Waals surface area (Å²) in [5.41, 5.74) is 2.56. The van der Waals surface area contributed by atoms with E-state index in [-0.39, 0.29) is 5.92 Å². The molecule has 0 saturated heterocycles. The van der Waals surface area contributed by atoms with Crippen molar-refractivity contribution in [3.63, 3.8) is 0 Å². The normalized spacial score (nSPS) is 12.9. The van der Waals surface area contributed by atoms with Gasteiger partial charge in [0.15, 0.2) is 0 Å². The summed E-state index contributed by atoms with van der Waals surface area (Å²) in [6, 6.07) is 19.3. The van der Waals surface area contributed by atoms with E-state index in [0.29, 0.717) is 6.42 Å². The average molecular weight is 296 g/mol. The van der Waals surface area contributed by atoms with Gasteiger partial charge in [0.2, 0.25) is 0 Å². The Hall–Kier alpha value is -1.67. The van der Waals surface area contributed by atoms with Gasteiger partial charge in [-0.2, -0.15) is 0 Å². The Bertz CT molecular complexity index is 567. The summed E-state index contributed by atoms with van der Waals surface area (Å²) in [4.78, 5) is 11.0. The van der Waals surface area contributed by atoms with E-state index in [1.165, 1.54) is 16.3 Å². The molecule has 2 heteroatoms. The number of benzene rings is 2. The third-order valence-corrected chi connectivity index (χ3v) is 6.02. The van der Waals surface area contributed by atoms with Crippen LogP contribution in [0.4, 0.5) is 0 Å². The highest BCUT2D eigenvalue weighted by atomic mass is 28.3. The summed E-state index contributed by atoms with van der Waals surface area (Å²) in [6.07, 6.45) is 2.55. The highest BCUT2D eigenvalue weighted by Gasteiger charge is 2.17. The molecule has 0 amide bonds. The van der Waals surface area contributed by atoms with Crippen LogP contribution in [0.3, 0.4) is 0 Å². The van der Waals surface area contributed by atoms with Crippen molar-refractivity contribution < 1.29 is 4.79 Å². The molecule has 0 spiro atoms. The molecule has 110 valence electrons. The van der Waals surface area contributed by atoms with Gasteiger partial charge in [0.05, 0.1) is 8.07 Å². The lowest BCUT2D eigenvalue weighted by Gasteiger charge is -2.19. The van der Waals surface area contributed by atoms with Gasteiger partial charge in [-0.15, -0.1) is 0 Å². The molecule has 0 radical (unpaired) electrons. The van der Waals surface area contributed by atoms with E-state index in [1.807, 2.05) is 6.07 Å². The molecule has 0 aliphatic carbocycles. The molecule has 0 unspecified atom stereocenters. The first-order valence-electron chi connectivity index (χ1n) is 7.58. The Morgan fingerprint density at radius 2 is 1.57 bits per heavy atom. The monoisotopic (exact) mass is 296 g/mol. The molecule has 0 saturated carbocycles. The lowest BCUT2D eigenvalue weighted by atomic mass is 9.90. The van der Waals surface area contributed by atoms with Crippen molar-refractivity contribution in [3.05, 3.63) is 65.7 Å². The summed E-state index contributed by atoms with van der Waals surface area (Å²) < 4.78 is 0. The van der Waals surface area contributed by atoms with Gasteiger partial charge in [-0.3, -0.25) is 0 Å². The van der Waals surface area contributed by atoms with Crippen LogP contribution in [0.1, 0.15) is 23.5 Å². The van der Waals surface area contributed by atoms with Crippen LogP contribution >= 0.6 is 0 Å². The van der Waals surface area contributed by atoms with Crippen LogP contribution in [0, 0.1) is 0 Å². The Labute approximate surface area is 129 Å². The standard InChI is InChI=1S/C19H24OSi/c1-21(2,3)19-11-9-17(10-12-19)18(13-14-20)15-16-7-5-4-6-8-16/h4-12,14,18H,13,15H2,1-3H3/t18-/m1/s1. The van der Waals surface area contributed by atoms with E-state index in [0.717, 1.165) is 12.7 Å². The number of aldehydes is 1. The van der Waals surface area contributed by atoms with Crippen LogP contribution < -0.4 is 5.19 Å². The van der Waals surface area contributed by atoms with Crippen molar-refractivity contribution in [2.75, 3.05) is 0 Å². The number of rotatable bonds is 6. The fourth-order valence-corrected chi connectivity index (χ4v) is 3.77. The van der Waals surface area contributed by atoms with Crippen molar-refractivity contribution in [2.24, 2.45) is 0 Å². The minimum atomic E-state index is -1.25. The Balaban J connectivity index is 2.20. The maximum absolute atomic E-state index is 11.0. The van der Waals surface area contributed by atoms with Gasteiger partial charge >= 0.3 is 0 Å². The molecule has 0 fully saturated rings. The maximum Gasteiger partial charge on any atom is 0.120 e. The van der Waals surface area contributed by atoms with E-state index in [1.54, 1.807) is 0 Å². The molecule has 1 nitrogen and oxygen atoms in total. The van der Waals surface area contributed by atoms with Crippen LogP contribution in [-0.4, -0.2) is 14.4 Å². The number of carbonyl (C=O) groups is 1. The smallest absolute Gasteiger partial charge is 0.120 e. The largest absolute Gasteiger partial charge is 0.303 e. The van der Waals surface area contributed by atoms with E-state index in [4.69, 9.17) is 0 Å². The molecule has 0 aliphatic rings. The van der Waals surface area contributed by atoms with E-state index < -0.39 is 8.07 Å². The number of carbonyl (C=O) groups excluding carboxylic acids is 1. The van der Waals surface area contributed by atoms with Crippen molar-refractivity contribution in [1.29, 1.82) is 0 Å². The van der Waals surface area contributed by atoms with Gasteiger partial charge in [0.25, 0.3) is 0 Å². The average Bonchev–Trinajstić information content (AvgIpc) is 2.47. The molecule has 0 aromatic heterocycles. The molecule has 0 bridgehead atoms. The van der Waals surface area contributed by atoms with Crippen LogP contribution in [0.15, 0.2) is 54.6 Å². The summed E-state index contributed by atoms with van der Waals surface area (Å²) in [7, 11) is -1.25. The summed E-state index contributed by atoms with van der Waals surface area (Å²) in [5, 5.41) is 1.47. The molecule has 21 heavy (non-hydrogen) atoms. The number of hydrogen-bond donors (Lipinski definition) is 0. The van der Waals surface area contributed by atoms with E-state index >= 15 is 0 Å². The predicted molar refractivity (Wildman–Crippen MR) is 93.0 cm³/mol. The van der Waals surface area contributed by atoms with Crippen molar-refractivity contribution in [2.45, 2.75) is 38.4 Å². The second-order valence-electron chi connectivity index (χ2n) is 6.66. The van der Waals surface area contributed by atoms with Crippen molar-refractivity contribution in [3.8, 4) is 0 Å². The molecular formula is C19H24OSi. The second kappa shape index (κ2) is 6.86. The molecule has 2 rings (SSSR count). The van der Waals surface area contributed by atoms with Crippen LogP contribution in [-0.2, 0) is 11.2 Å². The quantitative estimate of drug-likeness (QED) is 0.578. The van der Waals surface area contributed by atoms with Gasteiger partial charge in [0, 0.05) is 6.42 Å². The topological polar surface area (TPSA) is 17.1 Å². The molecule has 1 atom stereocenters. The second-order valence-corrected chi connectivity index (χ2v) is 11.7. The first kappa shape index (κ1) is 15.7. The highest BCUT2D eigenvalue weighted by Crippen LogP contribution is 2.23. The first-order chi connectivity index (χ1) is 10.0. The zero-order valence-electron chi connectivity index (χ0n) is 13.2. The lowest BCUT2D eigenvalue weighted by molar-refractivity contribution is -0.108. The van der Waals surface area contributed by atoms with Gasteiger partial charge < -0.3 is 4.79 Å². The summed E-state index contributed by atoms with van der Waals surface area (Å²) >= 11 is 0. The fraction of sp³-hybridized carbons (Fsp3) is 0.316. The predicted octanol–water partition coefficient (Wildman–Crippen LogP) is 4.15. The Morgan fingerprint density at radius 1 is 0.952 bits per heavy atom. The Morgan fingerprint density at radius 3 is 2.10 bits per heavy atom. The highest BCUT2D eigenvalue weighted by molar-refractivity contribution is 6.88. The first-order valence-corrected chi connectivity index (χ1v) is 11.1. The van der Waals surface area contributed by atoms with Gasteiger partial charge in [-0.25, -0.2) is 0 Å². The molecule has 2 aromatic rings. The van der Waals surface area contributed by atoms with Gasteiger partial charge in [-0.1, -0.05) is 79.4 Å². The molecule has 0 aliphatic heterocycles. The summed E-state index contributed by atoms with van der Waals surface area (Å²) in [5.74, 6) is 0.278.